The number of aryl methyl sites for hydroxylation is 1. The second-order valence-corrected chi connectivity index (χ2v) is 9.54. The monoisotopic (exact) mass is 382 g/mol. The predicted octanol–water partition coefficient (Wildman–Crippen LogP) is 3.32. The maximum Gasteiger partial charge on any atom is 0.407 e. The molecule has 1 atom stereocenters. The van der Waals surface area contributed by atoms with Crippen LogP contribution < -0.4 is 5.32 Å². The molecule has 1 aliphatic heterocycles. The number of ether oxygens (including phenoxy) is 1. The van der Waals surface area contributed by atoms with Gasteiger partial charge in [-0.2, -0.15) is 4.31 Å². The van der Waals surface area contributed by atoms with Crippen molar-refractivity contribution in [2.75, 3.05) is 13.1 Å². The van der Waals surface area contributed by atoms with Gasteiger partial charge in [0.05, 0.1) is 4.90 Å². The van der Waals surface area contributed by atoms with Gasteiger partial charge in [0, 0.05) is 19.1 Å². The van der Waals surface area contributed by atoms with Crippen LogP contribution in [0.3, 0.4) is 0 Å². The van der Waals surface area contributed by atoms with Gasteiger partial charge in [-0.3, -0.25) is 0 Å². The number of carbonyl (C=O) groups excluding carboxylic acids is 1. The molecule has 146 valence electrons. The number of piperidine rings is 1. The lowest BCUT2D eigenvalue weighted by atomic mass is 10.1. The number of hydrogen-bond acceptors (Lipinski definition) is 4. The highest BCUT2D eigenvalue weighted by Crippen LogP contribution is 2.25. The Morgan fingerprint density at radius 3 is 2.46 bits per heavy atom. The normalized spacial score (nSPS) is 19.2. The smallest absolute Gasteiger partial charge is 0.407 e. The molecule has 0 spiro atoms. The van der Waals surface area contributed by atoms with E-state index in [1.165, 1.54) is 4.31 Å². The van der Waals surface area contributed by atoms with Crippen molar-refractivity contribution < 1.29 is 17.9 Å². The van der Waals surface area contributed by atoms with E-state index in [0.29, 0.717) is 11.4 Å². The minimum Gasteiger partial charge on any atom is -0.444 e. The number of nitrogens with one attached hydrogen (secondary N) is 1. The fourth-order valence-electron chi connectivity index (χ4n) is 3.04. The fourth-order valence-corrected chi connectivity index (χ4v) is 4.74. The van der Waals surface area contributed by atoms with Gasteiger partial charge in [0.1, 0.15) is 5.60 Å². The highest BCUT2D eigenvalue weighted by molar-refractivity contribution is 7.89. The Hall–Kier alpha value is -1.60. The van der Waals surface area contributed by atoms with Crippen LogP contribution in [0.1, 0.15) is 52.5 Å². The molecule has 0 radical (unpaired) electrons. The summed E-state index contributed by atoms with van der Waals surface area (Å²) in [6.07, 6.45) is 2.85. The first-order valence-corrected chi connectivity index (χ1v) is 10.6. The third-order valence-corrected chi connectivity index (χ3v) is 6.36. The fraction of sp³-hybridized carbons (Fsp3) is 0.632. The van der Waals surface area contributed by atoms with E-state index in [-0.39, 0.29) is 12.6 Å². The van der Waals surface area contributed by atoms with Crippen molar-refractivity contribution >= 4 is 16.1 Å². The van der Waals surface area contributed by atoms with Crippen molar-refractivity contribution in [2.45, 2.75) is 69.9 Å². The summed E-state index contributed by atoms with van der Waals surface area (Å²) in [6.45, 7) is 8.14. The van der Waals surface area contributed by atoms with Crippen molar-refractivity contribution in [3.8, 4) is 0 Å². The Morgan fingerprint density at radius 2 is 1.88 bits per heavy atom. The van der Waals surface area contributed by atoms with E-state index >= 15 is 0 Å². The molecular weight excluding hydrogens is 352 g/mol. The molecule has 0 aromatic heterocycles. The maximum atomic E-state index is 13.1. The Bertz CT molecular complexity index is 708. The molecule has 0 aliphatic carbocycles. The zero-order chi connectivity index (χ0) is 19.4. The molecule has 1 amide bonds. The van der Waals surface area contributed by atoms with Crippen LogP contribution in [-0.2, 0) is 21.2 Å². The Kier molecular flexibility index (Phi) is 6.69. The molecule has 2 rings (SSSR count). The van der Waals surface area contributed by atoms with Crippen molar-refractivity contribution in [3.63, 3.8) is 0 Å². The van der Waals surface area contributed by atoms with Gasteiger partial charge >= 0.3 is 6.09 Å². The molecule has 1 unspecified atom stereocenters. The minimum absolute atomic E-state index is 0.251. The number of sulfonamides is 1. The Morgan fingerprint density at radius 1 is 1.23 bits per heavy atom. The molecule has 1 N–H and O–H groups in total. The van der Waals surface area contributed by atoms with Crippen molar-refractivity contribution in [2.24, 2.45) is 0 Å². The highest BCUT2D eigenvalue weighted by Gasteiger charge is 2.33. The van der Waals surface area contributed by atoms with E-state index in [0.717, 1.165) is 31.2 Å². The molecule has 1 aromatic rings. The van der Waals surface area contributed by atoms with E-state index in [1.807, 2.05) is 19.1 Å². The van der Waals surface area contributed by atoms with Gasteiger partial charge in [0.15, 0.2) is 0 Å². The molecule has 1 aliphatic rings. The lowest BCUT2D eigenvalue weighted by Crippen LogP contribution is -2.49. The van der Waals surface area contributed by atoms with Crippen molar-refractivity contribution in [1.82, 2.24) is 9.62 Å². The highest BCUT2D eigenvalue weighted by atomic mass is 32.2. The molecule has 1 fully saturated rings. The lowest BCUT2D eigenvalue weighted by molar-refractivity contribution is 0.0512. The third-order valence-electron chi connectivity index (χ3n) is 4.39. The van der Waals surface area contributed by atoms with Gasteiger partial charge < -0.3 is 10.1 Å². The Balaban J connectivity index is 2.10. The standard InChI is InChI=1S/C19H30N2O4S/c1-5-15-9-11-17(12-10-15)26(23,24)21-13-7-6-8-16(21)14-20-18(22)25-19(2,3)4/h9-12,16H,5-8,13-14H2,1-4H3,(H,20,22). The molecule has 1 heterocycles. The van der Waals surface area contributed by atoms with Crippen molar-refractivity contribution in [1.29, 1.82) is 0 Å². The summed E-state index contributed by atoms with van der Waals surface area (Å²) >= 11 is 0. The summed E-state index contributed by atoms with van der Waals surface area (Å²) in [5.74, 6) is 0. The van der Waals surface area contributed by atoms with Crippen LogP contribution in [0.25, 0.3) is 0 Å². The topological polar surface area (TPSA) is 75.7 Å². The summed E-state index contributed by atoms with van der Waals surface area (Å²) in [7, 11) is -3.58. The second kappa shape index (κ2) is 8.39. The van der Waals surface area contributed by atoms with E-state index in [4.69, 9.17) is 4.74 Å². The largest absolute Gasteiger partial charge is 0.444 e. The number of alkyl carbamates (subject to hydrolysis) is 1. The Labute approximate surface area is 157 Å². The summed E-state index contributed by atoms with van der Waals surface area (Å²) in [5, 5.41) is 2.71. The van der Waals surface area contributed by atoms with Crippen LogP contribution in [0, 0.1) is 0 Å². The van der Waals surface area contributed by atoms with Crippen LogP contribution >= 0.6 is 0 Å². The first-order valence-electron chi connectivity index (χ1n) is 9.21. The first-order chi connectivity index (χ1) is 12.1. The summed E-state index contributed by atoms with van der Waals surface area (Å²) in [4.78, 5) is 12.2. The van der Waals surface area contributed by atoms with Gasteiger partial charge in [-0.25, -0.2) is 13.2 Å². The zero-order valence-corrected chi connectivity index (χ0v) is 16.9. The van der Waals surface area contributed by atoms with Gasteiger partial charge in [-0.15, -0.1) is 0 Å². The summed E-state index contributed by atoms with van der Waals surface area (Å²) in [5.41, 5.74) is 0.523. The summed E-state index contributed by atoms with van der Waals surface area (Å²) in [6, 6.07) is 6.78. The first kappa shape index (κ1) is 20.7. The van der Waals surface area contributed by atoms with Gasteiger partial charge in [0.2, 0.25) is 10.0 Å². The minimum atomic E-state index is -3.58. The number of nitrogens with zero attached hydrogens (tertiary/aromatic N) is 1. The predicted molar refractivity (Wildman–Crippen MR) is 102 cm³/mol. The zero-order valence-electron chi connectivity index (χ0n) is 16.1. The maximum absolute atomic E-state index is 13.1. The number of carbonyl (C=O) groups is 1. The van der Waals surface area contributed by atoms with E-state index in [9.17, 15) is 13.2 Å². The quantitative estimate of drug-likeness (QED) is 0.848. The van der Waals surface area contributed by atoms with E-state index in [1.54, 1.807) is 32.9 Å². The van der Waals surface area contributed by atoms with Crippen LogP contribution in [0.5, 0.6) is 0 Å². The molecule has 26 heavy (non-hydrogen) atoms. The van der Waals surface area contributed by atoms with Gasteiger partial charge in [-0.1, -0.05) is 25.5 Å². The number of benzene rings is 1. The lowest BCUT2D eigenvalue weighted by Gasteiger charge is -2.35. The second-order valence-electron chi connectivity index (χ2n) is 7.65. The van der Waals surface area contributed by atoms with Gasteiger partial charge in [-0.05, 0) is 57.7 Å². The van der Waals surface area contributed by atoms with Crippen LogP contribution in [0.4, 0.5) is 4.79 Å². The molecule has 1 saturated heterocycles. The molecular formula is C19H30N2O4S. The number of amides is 1. The molecule has 7 heteroatoms. The SMILES string of the molecule is CCc1ccc(S(=O)(=O)N2CCCCC2CNC(=O)OC(C)(C)C)cc1. The molecule has 6 nitrogen and oxygen atoms in total. The van der Waals surface area contributed by atoms with E-state index in [2.05, 4.69) is 5.32 Å². The molecule has 1 aromatic carbocycles. The average Bonchev–Trinajstić information content (AvgIpc) is 2.59. The summed E-state index contributed by atoms with van der Waals surface area (Å²) < 4.78 is 32.9. The van der Waals surface area contributed by atoms with Crippen LogP contribution in [0.15, 0.2) is 29.2 Å². The number of hydrogen-bond donors (Lipinski definition) is 1. The van der Waals surface area contributed by atoms with Crippen LogP contribution in [-0.4, -0.2) is 43.5 Å². The molecule has 0 bridgehead atoms. The number of rotatable bonds is 5. The molecule has 0 saturated carbocycles. The van der Waals surface area contributed by atoms with Crippen molar-refractivity contribution in [3.05, 3.63) is 29.8 Å². The third kappa shape index (κ3) is 5.45. The van der Waals surface area contributed by atoms with E-state index < -0.39 is 21.7 Å². The van der Waals surface area contributed by atoms with Gasteiger partial charge in [0.25, 0.3) is 0 Å². The van der Waals surface area contributed by atoms with Crippen LogP contribution in [0.2, 0.25) is 0 Å². The average molecular weight is 383 g/mol.